The molecule has 0 spiro atoms. The highest BCUT2D eigenvalue weighted by molar-refractivity contribution is 9.11. The summed E-state index contributed by atoms with van der Waals surface area (Å²) in [7, 11) is 0. The van der Waals surface area contributed by atoms with E-state index in [4.69, 9.17) is 5.73 Å². The third-order valence-electron chi connectivity index (χ3n) is 3.51. The molecule has 3 nitrogen and oxygen atoms in total. The van der Waals surface area contributed by atoms with Gasteiger partial charge in [0, 0.05) is 15.5 Å². The number of halogens is 2. The monoisotopic (exact) mass is 374 g/mol. The minimum atomic E-state index is -0.205. The van der Waals surface area contributed by atoms with E-state index in [1.165, 1.54) is 0 Å². The van der Waals surface area contributed by atoms with Crippen molar-refractivity contribution >= 4 is 37.8 Å². The normalized spacial score (nSPS) is 17.7. The van der Waals surface area contributed by atoms with E-state index >= 15 is 0 Å². The fourth-order valence-corrected chi connectivity index (χ4v) is 3.64. The van der Waals surface area contributed by atoms with Gasteiger partial charge in [0.1, 0.15) is 0 Å². The lowest BCUT2D eigenvalue weighted by Crippen LogP contribution is -2.51. The van der Waals surface area contributed by atoms with Crippen LogP contribution in [0.5, 0.6) is 0 Å². The summed E-state index contributed by atoms with van der Waals surface area (Å²) < 4.78 is 1.74. The summed E-state index contributed by atoms with van der Waals surface area (Å²) in [5, 5.41) is 3.11. The number of amides is 1. The Morgan fingerprint density at radius 3 is 2.56 bits per heavy atom. The van der Waals surface area contributed by atoms with E-state index in [0.29, 0.717) is 12.1 Å². The number of nitrogens with one attached hydrogen (secondary N) is 1. The molecule has 1 amide bonds. The number of rotatable bonds is 3. The first-order valence-corrected chi connectivity index (χ1v) is 7.63. The van der Waals surface area contributed by atoms with Crippen LogP contribution in [-0.4, -0.2) is 18.0 Å². The van der Waals surface area contributed by atoms with E-state index in [9.17, 15) is 4.79 Å². The molecule has 0 saturated heterocycles. The lowest BCUT2D eigenvalue weighted by Gasteiger charge is -2.28. The van der Waals surface area contributed by atoms with Gasteiger partial charge in [0.05, 0.1) is 11.1 Å². The van der Waals surface area contributed by atoms with Crippen molar-refractivity contribution in [3.8, 4) is 0 Å². The highest BCUT2D eigenvalue weighted by atomic mass is 79.9. The number of carbonyl (C=O) groups is 1. The van der Waals surface area contributed by atoms with E-state index in [1.54, 1.807) is 0 Å². The van der Waals surface area contributed by atoms with Gasteiger partial charge >= 0.3 is 0 Å². The summed E-state index contributed by atoms with van der Waals surface area (Å²) in [6, 6.07) is 5.55. The van der Waals surface area contributed by atoms with Crippen LogP contribution in [0.15, 0.2) is 27.1 Å². The van der Waals surface area contributed by atoms with Crippen LogP contribution < -0.4 is 11.1 Å². The minimum Gasteiger partial charge on any atom is -0.345 e. The van der Waals surface area contributed by atoms with Crippen molar-refractivity contribution in [1.29, 1.82) is 0 Å². The predicted molar refractivity (Wildman–Crippen MR) is 79.6 cm³/mol. The second-order valence-corrected chi connectivity index (χ2v) is 6.54. The maximum Gasteiger partial charge on any atom is 0.252 e. The van der Waals surface area contributed by atoms with Crippen LogP contribution in [0.2, 0.25) is 0 Å². The highest BCUT2D eigenvalue weighted by Crippen LogP contribution is 2.30. The molecule has 1 fully saturated rings. The maximum absolute atomic E-state index is 12.3. The first-order chi connectivity index (χ1) is 8.56. The summed E-state index contributed by atoms with van der Waals surface area (Å²) >= 11 is 6.79. The second-order valence-electron chi connectivity index (χ2n) is 4.77. The Balaban J connectivity index is 2.16. The van der Waals surface area contributed by atoms with Crippen LogP contribution in [0.3, 0.4) is 0 Å². The molecule has 0 aliphatic heterocycles. The molecule has 18 heavy (non-hydrogen) atoms. The average Bonchev–Trinajstić information content (AvgIpc) is 2.78. The van der Waals surface area contributed by atoms with Crippen molar-refractivity contribution in [3.63, 3.8) is 0 Å². The third-order valence-corrected chi connectivity index (χ3v) is 4.66. The van der Waals surface area contributed by atoms with E-state index in [-0.39, 0.29) is 11.4 Å². The summed E-state index contributed by atoms with van der Waals surface area (Å²) in [4.78, 5) is 12.3. The fraction of sp³-hybridized carbons (Fsp3) is 0.462. The summed E-state index contributed by atoms with van der Waals surface area (Å²) in [6.45, 7) is 0.507. The molecule has 98 valence electrons. The zero-order chi connectivity index (χ0) is 13.2. The topological polar surface area (TPSA) is 55.1 Å². The van der Waals surface area contributed by atoms with E-state index < -0.39 is 0 Å². The van der Waals surface area contributed by atoms with Gasteiger partial charge in [-0.3, -0.25) is 4.79 Å². The second kappa shape index (κ2) is 5.72. The maximum atomic E-state index is 12.3. The van der Waals surface area contributed by atoms with Crippen molar-refractivity contribution in [2.75, 3.05) is 6.54 Å². The number of benzene rings is 1. The Hall–Kier alpha value is -0.390. The van der Waals surface area contributed by atoms with Crippen LogP contribution in [0.4, 0.5) is 0 Å². The largest absolute Gasteiger partial charge is 0.345 e. The number of carbonyl (C=O) groups excluding carboxylic acids is 1. The SMILES string of the molecule is NCC1(NC(=O)c2ccc(Br)cc2Br)CCCC1. The molecule has 0 bridgehead atoms. The molecular weight excluding hydrogens is 360 g/mol. The highest BCUT2D eigenvalue weighted by Gasteiger charge is 2.34. The molecule has 0 aromatic heterocycles. The number of hydrogen-bond donors (Lipinski definition) is 2. The summed E-state index contributed by atoms with van der Waals surface area (Å²) in [5.41, 5.74) is 6.27. The zero-order valence-electron chi connectivity index (χ0n) is 10.0. The average molecular weight is 376 g/mol. The van der Waals surface area contributed by atoms with E-state index in [1.807, 2.05) is 18.2 Å². The van der Waals surface area contributed by atoms with E-state index in [0.717, 1.165) is 34.6 Å². The van der Waals surface area contributed by atoms with Crippen molar-refractivity contribution in [3.05, 3.63) is 32.7 Å². The molecule has 1 aromatic carbocycles. The Labute approximate surface area is 124 Å². The molecular formula is C13H16Br2N2O. The van der Waals surface area contributed by atoms with Gasteiger partial charge in [0.15, 0.2) is 0 Å². The molecule has 5 heteroatoms. The van der Waals surface area contributed by atoms with Crippen molar-refractivity contribution < 1.29 is 4.79 Å². The molecule has 0 radical (unpaired) electrons. The number of nitrogens with two attached hydrogens (primary N) is 1. The first kappa shape index (κ1) is 14.0. The van der Waals surface area contributed by atoms with E-state index in [2.05, 4.69) is 37.2 Å². The van der Waals surface area contributed by atoms with Crippen LogP contribution >= 0.6 is 31.9 Å². The molecule has 2 rings (SSSR count). The molecule has 1 aliphatic rings. The Morgan fingerprint density at radius 2 is 2.00 bits per heavy atom. The molecule has 1 saturated carbocycles. The molecule has 3 N–H and O–H groups in total. The van der Waals surface area contributed by atoms with Gasteiger partial charge < -0.3 is 11.1 Å². The van der Waals surface area contributed by atoms with Crippen molar-refractivity contribution in [2.45, 2.75) is 31.2 Å². The Kier molecular flexibility index (Phi) is 4.45. The Morgan fingerprint density at radius 1 is 1.33 bits per heavy atom. The lowest BCUT2D eigenvalue weighted by molar-refractivity contribution is 0.0902. The van der Waals surface area contributed by atoms with Crippen LogP contribution in [0.1, 0.15) is 36.0 Å². The lowest BCUT2D eigenvalue weighted by atomic mass is 9.97. The molecule has 1 aromatic rings. The zero-order valence-corrected chi connectivity index (χ0v) is 13.2. The van der Waals surface area contributed by atoms with Gasteiger partial charge in [-0.25, -0.2) is 0 Å². The standard InChI is InChI=1S/C13H16Br2N2O/c14-9-3-4-10(11(15)7-9)12(18)17-13(8-16)5-1-2-6-13/h3-4,7H,1-2,5-6,8,16H2,(H,17,18). The smallest absolute Gasteiger partial charge is 0.252 e. The molecule has 0 heterocycles. The van der Waals surface area contributed by atoms with Crippen molar-refractivity contribution in [2.24, 2.45) is 5.73 Å². The van der Waals surface area contributed by atoms with Gasteiger partial charge in [-0.1, -0.05) is 28.8 Å². The first-order valence-electron chi connectivity index (χ1n) is 6.04. The summed E-state index contributed by atoms with van der Waals surface area (Å²) in [6.07, 6.45) is 4.23. The van der Waals surface area contributed by atoms with Gasteiger partial charge in [-0.2, -0.15) is 0 Å². The fourth-order valence-electron chi connectivity index (χ4n) is 2.41. The van der Waals surface area contributed by atoms with Crippen LogP contribution in [-0.2, 0) is 0 Å². The minimum absolute atomic E-state index is 0.0540. The van der Waals surface area contributed by atoms with Gasteiger partial charge in [-0.05, 0) is 47.0 Å². The van der Waals surface area contributed by atoms with Crippen molar-refractivity contribution in [1.82, 2.24) is 5.32 Å². The molecule has 1 aliphatic carbocycles. The predicted octanol–water partition coefficient (Wildman–Crippen LogP) is 3.21. The van der Waals surface area contributed by atoms with Gasteiger partial charge in [0.2, 0.25) is 0 Å². The van der Waals surface area contributed by atoms with Gasteiger partial charge in [0.25, 0.3) is 5.91 Å². The van der Waals surface area contributed by atoms with Crippen LogP contribution in [0, 0.1) is 0 Å². The Bertz CT molecular complexity index is 456. The molecule has 0 unspecified atom stereocenters. The molecule has 0 atom stereocenters. The summed E-state index contributed by atoms with van der Waals surface area (Å²) in [5.74, 6) is -0.0540. The third kappa shape index (κ3) is 2.95. The quantitative estimate of drug-likeness (QED) is 0.852. The van der Waals surface area contributed by atoms with Crippen LogP contribution in [0.25, 0.3) is 0 Å². The van der Waals surface area contributed by atoms with Gasteiger partial charge in [-0.15, -0.1) is 0 Å². The number of hydrogen-bond acceptors (Lipinski definition) is 2.